The third-order valence-electron chi connectivity index (χ3n) is 2.90. The molecule has 0 unspecified atom stereocenters. The summed E-state index contributed by atoms with van der Waals surface area (Å²) < 4.78 is 0. The quantitative estimate of drug-likeness (QED) is 0.766. The van der Waals surface area contributed by atoms with Crippen molar-refractivity contribution in [1.82, 2.24) is 4.98 Å². The zero-order chi connectivity index (χ0) is 13.0. The standard InChI is InChI=1S/C15H16N2S/c1-11-6-7-12(2)13(9-11)14-10-18-15(17-14)5-3-4-8-16/h6-7,9-10H,3-5H2,1-2H3. The van der Waals surface area contributed by atoms with Gasteiger partial charge in [-0.1, -0.05) is 17.7 Å². The van der Waals surface area contributed by atoms with E-state index < -0.39 is 0 Å². The van der Waals surface area contributed by atoms with Crippen molar-refractivity contribution < 1.29 is 0 Å². The molecule has 0 atom stereocenters. The fourth-order valence-electron chi connectivity index (χ4n) is 1.88. The fraction of sp³-hybridized carbons (Fsp3) is 0.333. The molecule has 0 fully saturated rings. The van der Waals surface area contributed by atoms with Gasteiger partial charge in [0.25, 0.3) is 0 Å². The Morgan fingerprint density at radius 2 is 2.17 bits per heavy atom. The number of nitrogens with zero attached hydrogens (tertiary/aromatic N) is 2. The van der Waals surface area contributed by atoms with E-state index in [4.69, 9.17) is 5.26 Å². The van der Waals surface area contributed by atoms with E-state index in [9.17, 15) is 0 Å². The molecule has 18 heavy (non-hydrogen) atoms. The molecule has 0 saturated heterocycles. The van der Waals surface area contributed by atoms with Crippen LogP contribution in [0.5, 0.6) is 0 Å². The second-order valence-electron chi connectivity index (χ2n) is 4.46. The van der Waals surface area contributed by atoms with Gasteiger partial charge in [-0.15, -0.1) is 11.3 Å². The minimum Gasteiger partial charge on any atom is -0.241 e. The molecule has 1 aromatic carbocycles. The van der Waals surface area contributed by atoms with E-state index in [1.165, 1.54) is 16.7 Å². The van der Waals surface area contributed by atoms with Gasteiger partial charge < -0.3 is 0 Å². The number of aromatic nitrogens is 1. The van der Waals surface area contributed by atoms with E-state index >= 15 is 0 Å². The highest BCUT2D eigenvalue weighted by molar-refractivity contribution is 7.09. The molecule has 2 rings (SSSR count). The van der Waals surface area contributed by atoms with Crippen molar-refractivity contribution in [3.05, 3.63) is 39.7 Å². The van der Waals surface area contributed by atoms with Crippen LogP contribution in [0.1, 0.15) is 29.0 Å². The maximum absolute atomic E-state index is 8.53. The van der Waals surface area contributed by atoms with Crippen LogP contribution in [0.3, 0.4) is 0 Å². The number of hydrogen-bond acceptors (Lipinski definition) is 3. The van der Waals surface area contributed by atoms with Crippen molar-refractivity contribution in [2.24, 2.45) is 0 Å². The van der Waals surface area contributed by atoms with Crippen molar-refractivity contribution >= 4 is 11.3 Å². The predicted molar refractivity (Wildman–Crippen MR) is 75.6 cm³/mol. The van der Waals surface area contributed by atoms with Crippen LogP contribution in [0.25, 0.3) is 11.3 Å². The number of unbranched alkanes of at least 4 members (excludes halogenated alkanes) is 1. The second kappa shape index (κ2) is 5.79. The van der Waals surface area contributed by atoms with Gasteiger partial charge in [0, 0.05) is 23.8 Å². The molecule has 0 aliphatic rings. The average Bonchev–Trinajstić information content (AvgIpc) is 2.81. The van der Waals surface area contributed by atoms with Crippen LogP contribution >= 0.6 is 11.3 Å². The molecule has 0 bridgehead atoms. The Balaban J connectivity index is 2.19. The Hall–Kier alpha value is -1.66. The van der Waals surface area contributed by atoms with Crippen LogP contribution in [-0.4, -0.2) is 4.98 Å². The monoisotopic (exact) mass is 256 g/mol. The first kappa shape index (κ1) is 12.8. The molecule has 0 aliphatic heterocycles. The number of benzene rings is 1. The Bertz CT molecular complexity index is 578. The highest BCUT2D eigenvalue weighted by Gasteiger charge is 2.07. The summed E-state index contributed by atoms with van der Waals surface area (Å²) in [6.45, 7) is 4.21. The average molecular weight is 256 g/mol. The molecule has 92 valence electrons. The molecule has 0 spiro atoms. The lowest BCUT2D eigenvalue weighted by atomic mass is 10.0. The zero-order valence-electron chi connectivity index (χ0n) is 10.7. The van der Waals surface area contributed by atoms with E-state index in [1.54, 1.807) is 11.3 Å². The van der Waals surface area contributed by atoms with E-state index in [-0.39, 0.29) is 0 Å². The van der Waals surface area contributed by atoms with E-state index in [1.807, 2.05) is 0 Å². The minimum absolute atomic E-state index is 0.610. The molecule has 0 aliphatic carbocycles. The molecule has 2 aromatic rings. The largest absolute Gasteiger partial charge is 0.241 e. The minimum atomic E-state index is 0.610. The van der Waals surface area contributed by atoms with Crippen molar-refractivity contribution in [3.8, 4) is 17.3 Å². The van der Waals surface area contributed by atoms with Gasteiger partial charge >= 0.3 is 0 Å². The van der Waals surface area contributed by atoms with Crippen molar-refractivity contribution in [1.29, 1.82) is 5.26 Å². The Labute approximate surface area is 112 Å². The topological polar surface area (TPSA) is 36.7 Å². The summed E-state index contributed by atoms with van der Waals surface area (Å²) in [4.78, 5) is 4.66. The maximum Gasteiger partial charge on any atom is 0.0932 e. The first-order valence-corrected chi connectivity index (χ1v) is 6.97. The lowest BCUT2D eigenvalue weighted by Gasteiger charge is -2.03. The SMILES string of the molecule is Cc1ccc(C)c(-c2csc(CCCC#N)n2)c1. The third-order valence-corrected chi connectivity index (χ3v) is 3.81. The smallest absolute Gasteiger partial charge is 0.0932 e. The van der Waals surface area contributed by atoms with Gasteiger partial charge in [-0.25, -0.2) is 4.98 Å². The summed E-state index contributed by atoms with van der Waals surface area (Å²) in [5, 5.41) is 11.8. The van der Waals surface area contributed by atoms with E-state index in [2.05, 4.69) is 48.5 Å². The molecule has 0 radical (unpaired) electrons. The van der Waals surface area contributed by atoms with Crippen LogP contribution < -0.4 is 0 Å². The van der Waals surface area contributed by atoms with Gasteiger partial charge in [-0.3, -0.25) is 0 Å². The van der Waals surface area contributed by atoms with E-state index in [0.29, 0.717) is 6.42 Å². The van der Waals surface area contributed by atoms with Crippen LogP contribution in [0, 0.1) is 25.2 Å². The van der Waals surface area contributed by atoms with Crippen LogP contribution in [0.15, 0.2) is 23.6 Å². The maximum atomic E-state index is 8.53. The summed E-state index contributed by atoms with van der Waals surface area (Å²) >= 11 is 1.69. The van der Waals surface area contributed by atoms with Crippen molar-refractivity contribution in [2.45, 2.75) is 33.1 Å². The zero-order valence-corrected chi connectivity index (χ0v) is 11.5. The molecule has 2 nitrogen and oxygen atoms in total. The lowest BCUT2D eigenvalue weighted by Crippen LogP contribution is -1.87. The van der Waals surface area contributed by atoms with Gasteiger partial charge in [-0.05, 0) is 31.9 Å². The third kappa shape index (κ3) is 2.96. The number of nitriles is 1. The van der Waals surface area contributed by atoms with Gasteiger partial charge in [0.2, 0.25) is 0 Å². The lowest BCUT2D eigenvalue weighted by molar-refractivity contribution is 0.843. The summed E-state index contributed by atoms with van der Waals surface area (Å²) in [7, 11) is 0. The first-order chi connectivity index (χ1) is 8.70. The van der Waals surface area contributed by atoms with Crippen LogP contribution in [0.2, 0.25) is 0 Å². The molecule has 0 N–H and O–H groups in total. The van der Waals surface area contributed by atoms with Crippen LogP contribution in [0.4, 0.5) is 0 Å². The molecular formula is C15H16N2S. The Morgan fingerprint density at radius 1 is 1.33 bits per heavy atom. The first-order valence-electron chi connectivity index (χ1n) is 6.09. The van der Waals surface area contributed by atoms with Crippen LogP contribution in [-0.2, 0) is 6.42 Å². The summed E-state index contributed by atoms with van der Waals surface area (Å²) in [5.74, 6) is 0. The van der Waals surface area contributed by atoms with Gasteiger partial charge in [0.15, 0.2) is 0 Å². The molecule has 1 aromatic heterocycles. The Morgan fingerprint density at radius 3 is 2.94 bits per heavy atom. The Kier molecular flexibility index (Phi) is 4.11. The molecule has 0 amide bonds. The van der Waals surface area contributed by atoms with Gasteiger partial charge in [0.1, 0.15) is 0 Å². The number of rotatable bonds is 4. The van der Waals surface area contributed by atoms with Gasteiger partial charge in [0.05, 0.1) is 16.8 Å². The molecule has 0 saturated carbocycles. The fourth-order valence-corrected chi connectivity index (χ4v) is 2.72. The molecular weight excluding hydrogens is 240 g/mol. The highest BCUT2D eigenvalue weighted by atomic mass is 32.1. The number of hydrogen-bond donors (Lipinski definition) is 0. The highest BCUT2D eigenvalue weighted by Crippen LogP contribution is 2.26. The van der Waals surface area contributed by atoms with Gasteiger partial charge in [-0.2, -0.15) is 5.26 Å². The van der Waals surface area contributed by atoms with Crippen molar-refractivity contribution in [3.63, 3.8) is 0 Å². The predicted octanol–water partition coefficient (Wildman–Crippen LogP) is 4.27. The second-order valence-corrected chi connectivity index (χ2v) is 5.40. The van der Waals surface area contributed by atoms with E-state index in [0.717, 1.165) is 23.5 Å². The molecule has 3 heteroatoms. The summed E-state index contributed by atoms with van der Waals surface area (Å²) in [6.07, 6.45) is 2.41. The summed E-state index contributed by atoms with van der Waals surface area (Å²) in [5.41, 5.74) is 4.80. The summed E-state index contributed by atoms with van der Waals surface area (Å²) in [6, 6.07) is 8.62. The van der Waals surface area contributed by atoms with Crippen molar-refractivity contribution in [2.75, 3.05) is 0 Å². The normalized spacial score (nSPS) is 10.3. The number of thiazole rings is 1. The molecule has 1 heterocycles. The number of aryl methyl sites for hydroxylation is 3.